The highest BCUT2D eigenvalue weighted by atomic mass is 19.4. The number of nitro benzene ring substituents is 1. The highest BCUT2D eigenvalue weighted by Crippen LogP contribution is 2.54. The Labute approximate surface area is 183 Å². The molecule has 0 aliphatic carbocycles. The number of anilines is 2. The highest BCUT2D eigenvalue weighted by molar-refractivity contribution is 5.83. The van der Waals surface area contributed by atoms with Crippen LogP contribution in [0.1, 0.15) is 30.5 Å². The average Bonchev–Trinajstić information content (AvgIpc) is 3.03. The summed E-state index contributed by atoms with van der Waals surface area (Å²) in [6.45, 7) is 3.71. The van der Waals surface area contributed by atoms with Gasteiger partial charge in [-0.15, -0.1) is 0 Å². The number of hydrogen-bond donors (Lipinski definition) is 0. The normalized spacial score (nSPS) is 14.8. The summed E-state index contributed by atoms with van der Waals surface area (Å²) < 4.78 is 47.8. The Morgan fingerprint density at radius 1 is 1.03 bits per heavy atom. The summed E-state index contributed by atoms with van der Waals surface area (Å²) in [7, 11) is 0. The summed E-state index contributed by atoms with van der Waals surface area (Å²) in [5.74, 6) is 0.251. The van der Waals surface area contributed by atoms with E-state index in [2.05, 4.69) is 0 Å². The first-order valence-electron chi connectivity index (χ1n) is 10.0. The lowest BCUT2D eigenvalue weighted by molar-refractivity contribution is -0.384. The van der Waals surface area contributed by atoms with Crippen molar-refractivity contribution in [3.8, 4) is 5.75 Å². The summed E-state index contributed by atoms with van der Waals surface area (Å²) in [5.41, 5.74) is -0.475. The molecule has 8 heteroatoms. The van der Waals surface area contributed by atoms with Gasteiger partial charge in [0, 0.05) is 18.0 Å². The minimum atomic E-state index is -4.57. The van der Waals surface area contributed by atoms with Gasteiger partial charge in [0.05, 0.1) is 16.2 Å². The smallest absolute Gasteiger partial charge is 0.416 e. The number of rotatable bonds is 5. The average molecular weight is 442 g/mol. The first kappa shape index (κ1) is 21.7. The van der Waals surface area contributed by atoms with E-state index >= 15 is 0 Å². The van der Waals surface area contributed by atoms with E-state index < -0.39 is 22.1 Å². The molecule has 0 bridgehead atoms. The maximum atomic E-state index is 13.9. The molecule has 0 spiro atoms. The molecule has 1 aliphatic rings. The summed E-state index contributed by atoms with van der Waals surface area (Å²) in [4.78, 5) is 12.7. The lowest BCUT2D eigenvalue weighted by atomic mass is 9.83. The van der Waals surface area contributed by atoms with E-state index in [1.807, 2.05) is 30.3 Å². The molecule has 0 radical (unpaired) electrons. The number of fused-ring (bicyclic) bond motifs is 1. The quantitative estimate of drug-likeness (QED) is 0.329. The van der Waals surface area contributed by atoms with E-state index in [0.717, 1.165) is 11.6 Å². The molecule has 0 unspecified atom stereocenters. The van der Waals surface area contributed by atoms with E-state index in [-0.39, 0.29) is 41.5 Å². The van der Waals surface area contributed by atoms with Crippen molar-refractivity contribution < 1.29 is 22.8 Å². The van der Waals surface area contributed by atoms with E-state index in [4.69, 9.17) is 4.74 Å². The molecule has 4 rings (SSSR count). The summed E-state index contributed by atoms with van der Waals surface area (Å²) >= 11 is 0. The van der Waals surface area contributed by atoms with Gasteiger partial charge in [0.1, 0.15) is 18.0 Å². The van der Waals surface area contributed by atoms with Crippen molar-refractivity contribution in [2.24, 2.45) is 0 Å². The molecule has 5 nitrogen and oxygen atoms in total. The van der Waals surface area contributed by atoms with Crippen molar-refractivity contribution in [2.75, 3.05) is 11.4 Å². The first-order chi connectivity index (χ1) is 15.1. The van der Waals surface area contributed by atoms with E-state index in [1.165, 1.54) is 18.2 Å². The topological polar surface area (TPSA) is 55.6 Å². The maximum absolute atomic E-state index is 13.9. The van der Waals surface area contributed by atoms with Crippen LogP contribution in [0.5, 0.6) is 5.75 Å². The Balaban J connectivity index is 1.90. The molecule has 32 heavy (non-hydrogen) atoms. The molecule has 0 N–H and O–H groups in total. The van der Waals surface area contributed by atoms with Gasteiger partial charge in [0.2, 0.25) is 0 Å². The molecule has 1 heterocycles. The Morgan fingerprint density at radius 3 is 2.34 bits per heavy atom. The largest absolute Gasteiger partial charge is 0.487 e. The number of nitro groups is 1. The fourth-order valence-corrected chi connectivity index (χ4v) is 4.22. The van der Waals surface area contributed by atoms with E-state index in [9.17, 15) is 23.3 Å². The SMILES string of the molecule is CC1(C)CN(c2ccccc2[N+](=O)[O-])c2c(OCc3ccccc3)ccc(C(F)(F)F)c21. The van der Waals surface area contributed by atoms with Crippen molar-refractivity contribution in [1.82, 2.24) is 0 Å². The third-order valence-electron chi connectivity index (χ3n) is 5.55. The first-order valence-corrected chi connectivity index (χ1v) is 10.0. The zero-order valence-corrected chi connectivity index (χ0v) is 17.5. The van der Waals surface area contributed by atoms with Gasteiger partial charge in [-0.1, -0.05) is 56.3 Å². The van der Waals surface area contributed by atoms with Crippen LogP contribution in [-0.2, 0) is 18.2 Å². The van der Waals surface area contributed by atoms with Crippen molar-refractivity contribution in [1.29, 1.82) is 0 Å². The van der Waals surface area contributed by atoms with E-state index in [1.54, 1.807) is 30.9 Å². The number of halogens is 3. The molecule has 0 saturated carbocycles. The van der Waals surface area contributed by atoms with Crippen LogP contribution in [-0.4, -0.2) is 11.5 Å². The second-order valence-electron chi connectivity index (χ2n) is 8.32. The molecule has 0 amide bonds. The Hall–Kier alpha value is -3.55. The fourth-order valence-electron chi connectivity index (χ4n) is 4.22. The standard InChI is InChI=1S/C24H21F3N2O3/c1-23(2)15-28(18-10-6-7-11-19(18)29(30)31)22-20(32-14-16-8-4-3-5-9-16)13-12-17(21(22)23)24(25,26)27/h3-13H,14-15H2,1-2H3. The fraction of sp³-hybridized carbons (Fsp3) is 0.250. The predicted octanol–water partition coefficient (Wildman–Crippen LogP) is 6.62. The Kier molecular flexibility index (Phi) is 5.32. The van der Waals surface area contributed by atoms with Crippen LogP contribution in [0, 0.1) is 10.1 Å². The van der Waals surface area contributed by atoms with Crippen molar-refractivity contribution in [3.63, 3.8) is 0 Å². The highest BCUT2D eigenvalue weighted by Gasteiger charge is 2.47. The third kappa shape index (κ3) is 3.88. The van der Waals surface area contributed by atoms with Gasteiger partial charge in [0.15, 0.2) is 0 Å². The van der Waals surface area contributed by atoms with Crippen molar-refractivity contribution in [3.05, 3.63) is 93.5 Å². The lowest BCUT2D eigenvalue weighted by Crippen LogP contribution is -2.26. The second-order valence-corrected chi connectivity index (χ2v) is 8.32. The zero-order chi connectivity index (χ0) is 23.1. The molecule has 3 aromatic rings. The van der Waals surface area contributed by atoms with Gasteiger partial charge in [-0.3, -0.25) is 10.1 Å². The van der Waals surface area contributed by atoms with Gasteiger partial charge in [-0.2, -0.15) is 13.2 Å². The molecule has 1 aliphatic heterocycles. The van der Waals surface area contributed by atoms with Gasteiger partial charge >= 0.3 is 6.18 Å². The molecule has 0 fully saturated rings. The number of hydrogen-bond acceptors (Lipinski definition) is 4. The molecular formula is C24H21F3N2O3. The van der Waals surface area contributed by atoms with Crippen LogP contribution >= 0.6 is 0 Å². The molecule has 0 aromatic heterocycles. The number of nitrogens with zero attached hydrogens (tertiary/aromatic N) is 2. The molecular weight excluding hydrogens is 421 g/mol. The van der Waals surface area contributed by atoms with E-state index in [0.29, 0.717) is 0 Å². The summed E-state index contributed by atoms with van der Waals surface area (Å²) in [5, 5.41) is 11.6. The zero-order valence-electron chi connectivity index (χ0n) is 17.5. The van der Waals surface area contributed by atoms with Crippen LogP contribution in [0.4, 0.5) is 30.2 Å². The van der Waals surface area contributed by atoms with Crippen LogP contribution in [0.25, 0.3) is 0 Å². The van der Waals surface area contributed by atoms with Gasteiger partial charge < -0.3 is 9.64 Å². The number of benzene rings is 3. The molecule has 0 atom stereocenters. The minimum absolute atomic E-state index is 0.0775. The molecule has 0 saturated heterocycles. The van der Waals surface area contributed by atoms with Gasteiger partial charge in [0.25, 0.3) is 5.69 Å². The van der Waals surface area contributed by atoms with Crippen molar-refractivity contribution >= 4 is 17.1 Å². The summed E-state index contributed by atoms with van der Waals surface area (Å²) in [6, 6.07) is 17.6. The number of para-hydroxylation sites is 2. The van der Waals surface area contributed by atoms with Gasteiger partial charge in [-0.25, -0.2) is 0 Å². The lowest BCUT2D eigenvalue weighted by Gasteiger charge is -2.23. The molecule has 166 valence electrons. The van der Waals surface area contributed by atoms with Gasteiger partial charge in [-0.05, 0) is 29.3 Å². The predicted molar refractivity (Wildman–Crippen MR) is 115 cm³/mol. The minimum Gasteiger partial charge on any atom is -0.487 e. The number of ether oxygens (including phenoxy) is 1. The Morgan fingerprint density at radius 2 is 1.69 bits per heavy atom. The second kappa shape index (κ2) is 7.85. The van der Waals surface area contributed by atoms with Crippen LogP contribution < -0.4 is 9.64 Å². The maximum Gasteiger partial charge on any atom is 0.416 e. The van der Waals surface area contributed by atoms with Crippen molar-refractivity contribution in [2.45, 2.75) is 32.0 Å². The van der Waals surface area contributed by atoms with Crippen LogP contribution in [0.2, 0.25) is 0 Å². The monoisotopic (exact) mass is 442 g/mol. The third-order valence-corrected chi connectivity index (χ3v) is 5.55. The molecule has 3 aromatic carbocycles. The van der Waals surface area contributed by atoms with Crippen LogP contribution in [0.3, 0.4) is 0 Å². The van der Waals surface area contributed by atoms with Crippen LogP contribution in [0.15, 0.2) is 66.7 Å². The summed E-state index contributed by atoms with van der Waals surface area (Å²) in [6.07, 6.45) is -4.57. The Bertz CT molecular complexity index is 1160. The number of alkyl halides is 3.